The predicted molar refractivity (Wildman–Crippen MR) is 103 cm³/mol. The maximum absolute atomic E-state index is 12.9. The molecule has 1 saturated heterocycles. The number of likely N-dealkylation sites (tertiary alicyclic amines) is 1. The Hall–Kier alpha value is -2.26. The molecule has 3 rings (SSSR count). The van der Waals surface area contributed by atoms with Crippen LogP contribution in [0.1, 0.15) is 34.6 Å². The lowest BCUT2D eigenvalue weighted by atomic mass is 9.96. The number of piperidine rings is 1. The molecule has 136 valence electrons. The van der Waals surface area contributed by atoms with Gasteiger partial charge in [0, 0.05) is 30.2 Å². The topological polar surface area (TPSA) is 61.9 Å². The molecule has 1 aromatic carbocycles. The van der Waals surface area contributed by atoms with Crippen molar-refractivity contribution in [2.45, 2.75) is 38.1 Å². The number of carbonyl (C=O) groups excluding carboxylic acids is 1. The van der Waals surface area contributed by atoms with Gasteiger partial charge in [0.1, 0.15) is 0 Å². The molecule has 2 heterocycles. The number of hydrogen-bond acceptors (Lipinski definition) is 4. The summed E-state index contributed by atoms with van der Waals surface area (Å²) in [6.45, 7) is 6.59. The highest BCUT2D eigenvalue weighted by atomic mass is 32.2. The van der Waals surface area contributed by atoms with Crippen molar-refractivity contribution in [2.24, 2.45) is 5.92 Å². The second-order valence-electron chi connectivity index (χ2n) is 6.79. The van der Waals surface area contributed by atoms with Crippen LogP contribution in [0.15, 0.2) is 35.2 Å². The Labute approximate surface area is 159 Å². The van der Waals surface area contributed by atoms with E-state index in [0.29, 0.717) is 17.2 Å². The maximum atomic E-state index is 12.9. The van der Waals surface area contributed by atoms with Crippen LogP contribution in [0.5, 0.6) is 0 Å². The van der Waals surface area contributed by atoms with E-state index < -0.39 is 0 Å². The van der Waals surface area contributed by atoms with E-state index in [-0.39, 0.29) is 5.91 Å². The summed E-state index contributed by atoms with van der Waals surface area (Å²) in [5.41, 5.74) is 2.97. The van der Waals surface area contributed by atoms with E-state index in [1.807, 2.05) is 36.1 Å². The molecule has 0 radical (unpaired) electrons. The third kappa shape index (κ3) is 4.28. The van der Waals surface area contributed by atoms with Crippen molar-refractivity contribution in [1.82, 2.24) is 14.7 Å². The number of carbonyl (C=O) groups is 1. The van der Waals surface area contributed by atoms with Gasteiger partial charge in [0.05, 0.1) is 23.1 Å². The number of benzene rings is 1. The first-order chi connectivity index (χ1) is 12.6. The number of nitrogens with zero attached hydrogens (tertiary/aromatic N) is 4. The highest BCUT2D eigenvalue weighted by Crippen LogP contribution is 2.26. The molecule has 26 heavy (non-hydrogen) atoms. The van der Waals surface area contributed by atoms with Crippen molar-refractivity contribution >= 4 is 17.7 Å². The fourth-order valence-corrected chi connectivity index (χ4v) is 4.18. The minimum Gasteiger partial charge on any atom is -0.339 e. The zero-order valence-corrected chi connectivity index (χ0v) is 16.1. The summed E-state index contributed by atoms with van der Waals surface area (Å²) < 4.78 is 2.09. The smallest absolute Gasteiger partial charge is 0.254 e. The van der Waals surface area contributed by atoms with Gasteiger partial charge in [-0.3, -0.25) is 9.48 Å². The molecule has 0 saturated carbocycles. The van der Waals surface area contributed by atoms with Crippen LogP contribution < -0.4 is 0 Å². The van der Waals surface area contributed by atoms with Gasteiger partial charge in [-0.15, -0.1) is 11.8 Å². The lowest BCUT2D eigenvalue weighted by molar-refractivity contribution is 0.0677. The van der Waals surface area contributed by atoms with E-state index in [9.17, 15) is 4.79 Å². The first kappa shape index (κ1) is 18.5. The van der Waals surface area contributed by atoms with Crippen LogP contribution in [0.3, 0.4) is 0 Å². The molecular formula is C20H24N4OS. The van der Waals surface area contributed by atoms with Crippen LogP contribution in [-0.2, 0) is 6.54 Å². The van der Waals surface area contributed by atoms with Gasteiger partial charge < -0.3 is 4.90 Å². The predicted octanol–water partition coefficient (Wildman–Crippen LogP) is 3.67. The zero-order chi connectivity index (χ0) is 18.5. The lowest BCUT2D eigenvalue weighted by Crippen LogP contribution is -2.39. The SMILES string of the molecule is Cc1cc(C)n(CC2CCN(C(=O)c3ccccc3SCC#N)CC2)n1. The Morgan fingerprint density at radius 1 is 1.31 bits per heavy atom. The number of amides is 1. The molecule has 1 amide bonds. The van der Waals surface area contributed by atoms with Gasteiger partial charge in [-0.2, -0.15) is 10.4 Å². The molecule has 6 heteroatoms. The Morgan fingerprint density at radius 3 is 2.69 bits per heavy atom. The molecule has 1 fully saturated rings. The zero-order valence-electron chi connectivity index (χ0n) is 15.3. The number of thioether (sulfide) groups is 1. The fraction of sp³-hybridized carbons (Fsp3) is 0.450. The van der Waals surface area contributed by atoms with Gasteiger partial charge in [-0.05, 0) is 50.8 Å². The van der Waals surface area contributed by atoms with Gasteiger partial charge in [0.25, 0.3) is 5.91 Å². The first-order valence-electron chi connectivity index (χ1n) is 8.97. The Balaban J connectivity index is 1.60. The third-order valence-electron chi connectivity index (χ3n) is 4.85. The summed E-state index contributed by atoms with van der Waals surface area (Å²) in [6, 6.07) is 11.8. The van der Waals surface area contributed by atoms with Crippen molar-refractivity contribution in [1.29, 1.82) is 5.26 Å². The molecule has 1 aromatic heterocycles. The Bertz CT molecular complexity index is 815. The molecule has 0 aliphatic carbocycles. The van der Waals surface area contributed by atoms with Crippen LogP contribution in [0.4, 0.5) is 0 Å². The normalized spacial score (nSPS) is 15.0. The second kappa shape index (κ2) is 8.41. The number of hydrogen-bond donors (Lipinski definition) is 0. The summed E-state index contributed by atoms with van der Waals surface area (Å²) in [6.07, 6.45) is 2.00. The minimum atomic E-state index is 0.0793. The van der Waals surface area contributed by atoms with Gasteiger partial charge in [0.15, 0.2) is 0 Å². The van der Waals surface area contributed by atoms with E-state index in [0.717, 1.165) is 43.1 Å². The summed E-state index contributed by atoms with van der Waals surface area (Å²) in [7, 11) is 0. The Kier molecular flexibility index (Phi) is 6.00. The molecule has 1 aliphatic heterocycles. The largest absolute Gasteiger partial charge is 0.339 e. The van der Waals surface area contributed by atoms with Gasteiger partial charge >= 0.3 is 0 Å². The molecule has 0 atom stereocenters. The number of nitriles is 1. The highest BCUT2D eigenvalue weighted by molar-refractivity contribution is 7.99. The van der Waals surface area contributed by atoms with Crippen LogP contribution in [-0.4, -0.2) is 39.4 Å². The molecule has 0 unspecified atom stereocenters. The van der Waals surface area contributed by atoms with Crippen LogP contribution in [0.2, 0.25) is 0 Å². The van der Waals surface area contributed by atoms with Gasteiger partial charge in [-0.1, -0.05) is 12.1 Å². The van der Waals surface area contributed by atoms with Gasteiger partial charge in [0.2, 0.25) is 0 Å². The molecule has 0 bridgehead atoms. The van der Waals surface area contributed by atoms with Crippen LogP contribution >= 0.6 is 11.8 Å². The molecule has 0 spiro atoms. The average molecular weight is 369 g/mol. The lowest BCUT2D eigenvalue weighted by Gasteiger charge is -2.32. The van der Waals surface area contributed by atoms with Crippen molar-refractivity contribution in [2.75, 3.05) is 18.8 Å². The van der Waals surface area contributed by atoms with Crippen molar-refractivity contribution in [3.8, 4) is 6.07 Å². The standard InChI is InChI=1S/C20H24N4OS/c1-15-13-16(2)24(22-15)14-17-7-10-23(11-8-17)20(25)18-5-3-4-6-19(18)26-12-9-21/h3-6,13,17H,7-8,10-12,14H2,1-2H3. The van der Waals surface area contributed by atoms with Crippen molar-refractivity contribution < 1.29 is 4.79 Å². The van der Waals surface area contributed by atoms with E-state index in [4.69, 9.17) is 5.26 Å². The third-order valence-corrected chi connectivity index (χ3v) is 5.79. The molecular weight excluding hydrogens is 344 g/mol. The quantitative estimate of drug-likeness (QED) is 0.756. The second-order valence-corrected chi connectivity index (χ2v) is 7.80. The first-order valence-corrected chi connectivity index (χ1v) is 9.96. The summed E-state index contributed by atoms with van der Waals surface area (Å²) >= 11 is 1.43. The fourth-order valence-electron chi connectivity index (χ4n) is 3.47. The average Bonchev–Trinajstić information content (AvgIpc) is 2.97. The summed E-state index contributed by atoms with van der Waals surface area (Å²) in [5.74, 6) is 0.991. The molecule has 0 N–H and O–H groups in total. The number of aryl methyl sites for hydroxylation is 2. The number of aromatic nitrogens is 2. The maximum Gasteiger partial charge on any atom is 0.254 e. The van der Waals surface area contributed by atoms with E-state index in [2.05, 4.69) is 28.8 Å². The number of rotatable bonds is 5. The van der Waals surface area contributed by atoms with Crippen LogP contribution in [0.25, 0.3) is 0 Å². The van der Waals surface area contributed by atoms with Crippen molar-refractivity contribution in [3.05, 3.63) is 47.3 Å². The highest BCUT2D eigenvalue weighted by Gasteiger charge is 2.25. The molecule has 1 aliphatic rings. The van der Waals surface area contributed by atoms with E-state index >= 15 is 0 Å². The molecule has 2 aromatic rings. The monoisotopic (exact) mass is 368 g/mol. The van der Waals surface area contributed by atoms with E-state index in [1.54, 1.807) is 0 Å². The van der Waals surface area contributed by atoms with E-state index in [1.165, 1.54) is 17.5 Å². The molecule has 5 nitrogen and oxygen atoms in total. The van der Waals surface area contributed by atoms with Crippen molar-refractivity contribution in [3.63, 3.8) is 0 Å². The van der Waals surface area contributed by atoms with Gasteiger partial charge in [-0.25, -0.2) is 0 Å². The Morgan fingerprint density at radius 2 is 2.04 bits per heavy atom. The summed E-state index contributed by atoms with van der Waals surface area (Å²) in [5, 5.41) is 13.4. The minimum absolute atomic E-state index is 0.0793. The summed E-state index contributed by atoms with van der Waals surface area (Å²) in [4.78, 5) is 15.8. The van der Waals surface area contributed by atoms with Crippen LogP contribution in [0, 0.1) is 31.1 Å².